The first-order chi connectivity index (χ1) is 13.6. The van der Waals surface area contributed by atoms with Gasteiger partial charge in [0, 0.05) is 12.1 Å². The molecular formula is C23H24FNO3. The summed E-state index contributed by atoms with van der Waals surface area (Å²) in [5.74, 6) is 0.191. The normalized spacial score (nSPS) is 21.1. The van der Waals surface area contributed by atoms with Gasteiger partial charge in [-0.05, 0) is 54.5 Å². The summed E-state index contributed by atoms with van der Waals surface area (Å²) >= 11 is 0. The zero-order chi connectivity index (χ0) is 19.5. The number of amides is 1. The van der Waals surface area contributed by atoms with Gasteiger partial charge in [0.2, 0.25) is 0 Å². The van der Waals surface area contributed by atoms with Crippen molar-refractivity contribution < 1.29 is 18.7 Å². The smallest absolute Gasteiger partial charge is 0.410 e. The van der Waals surface area contributed by atoms with Crippen LogP contribution in [0.2, 0.25) is 0 Å². The molecule has 2 bridgehead atoms. The maximum atomic E-state index is 13.9. The van der Waals surface area contributed by atoms with Gasteiger partial charge in [-0.3, -0.25) is 4.90 Å². The molecular weight excluding hydrogens is 357 g/mol. The van der Waals surface area contributed by atoms with Gasteiger partial charge in [0.15, 0.2) is 0 Å². The van der Waals surface area contributed by atoms with Crippen molar-refractivity contribution in [2.24, 2.45) is 0 Å². The monoisotopic (exact) mass is 381 g/mol. The standard InChI is InChI=1S/C23H24FNO3/c1-27-22-13-17(10-19(24)14-22)18-11-20-8-5-9-21(12-18)25(20)23(26)28-15-16-6-3-2-4-7-16/h2-4,6-7,10-11,13-14,20-21H,5,8-9,12,15H2,1H3. The number of ether oxygens (including phenoxy) is 2. The molecule has 28 heavy (non-hydrogen) atoms. The molecule has 1 amide bonds. The molecule has 2 aliphatic heterocycles. The fourth-order valence-electron chi connectivity index (χ4n) is 4.19. The number of fused-ring (bicyclic) bond motifs is 2. The average Bonchev–Trinajstić information content (AvgIpc) is 2.71. The summed E-state index contributed by atoms with van der Waals surface area (Å²) in [6, 6.07) is 14.5. The number of benzene rings is 2. The highest BCUT2D eigenvalue weighted by Gasteiger charge is 2.38. The van der Waals surface area contributed by atoms with Crippen molar-refractivity contribution in [3.63, 3.8) is 0 Å². The Morgan fingerprint density at radius 3 is 2.75 bits per heavy atom. The quantitative estimate of drug-likeness (QED) is 0.732. The molecule has 0 saturated carbocycles. The fourth-order valence-corrected chi connectivity index (χ4v) is 4.19. The number of rotatable bonds is 4. The molecule has 4 nitrogen and oxygen atoms in total. The van der Waals surface area contributed by atoms with E-state index in [9.17, 15) is 9.18 Å². The SMILES string of the molecule is COc1cc(F)cc(C2=CC3CCCC(C2)N3C(=O)OCc2ccccc2)c1. The number of piperidine rings is 1. The van der Waals surface area contributed by atoms with Crippen LogP contribution >= 0.6 is 0 Å². The first kappa shape index (κ1) is 18.5. The predicted molar refractivity (Wildman–Crippen MR) is 105 cm³/mol. The Labute approximate surface area is 164 Å². The van der Waals surface area contributed by atoms with Crippen LogP contribution in [0.4, 0.5) is 9.18 Å². The average molecular weight is 381 g/mol. The topological polar surface area (TPSA) is 38.8 Å². The first-order valence-electron chi connectivity index (χ1n) is 9.68. The van der Waals surface area contributed by atoms with E-state index >= 15 is 0 Å². The molecule has 0 N–H and O–H groups in total. The molecule has 2 aromatic carbocycles. The van der Waals surface area contributed by atoms with Gasteiger partial charge in [0.1, 0.15) is 18.2 Å². The number of hydrogen-bond acceptors (Lipinski definition) is 3. The minimum absolute atomic E-state index is 0.0139. The van der Waals surface area contributed by atoms with Crippen LogP contribution in [0.3, 0.4) is 0 Å². The molecule has 1 fully saturated rings. The van der Waals surface area contributed by atoms with Crippen LogP contribution in [0.25, 0.3) is 5.57 Å². The van der Waals surface area contributed by atoms with Gasteiger partial charge in [-0.2, -0.15) is 0 Å². The second kappa shape index (κ2) is 8.05. The first-order valence-corrected chi connectivity index (χ1v) is 9.68. The predicted octanol–water partition coefficient (Wildman–Crippen LogP) is 5.18. The summed E-state index contributed by atoms with van der Waals surface area (Å²) in [6.07, 6.45) is 5.42. The number of nitrogens with zero attached hydrogens (tertiary/aromatic N) is 1. The third kappa shape index (κ3) is 3.88. The number of hydrogen-bond donors (Lipinski definition) is 0. The van der Waals surface area contributed by atoms with Crippen molar-refractivity contribution in [3.05, 3.63) is 71.6 Å². The minimum Gasteiger partial charge on any atom is -0.497 e. The summed E-state index contributed by atoms with van der Waals surface area (Å²) in [7, 11) is 1.53. The maximum Gasteiger partial charge on any atom is 0.410 e. The zero-order valence-corrected chi connectivity index (χ0v) is 15.9. The molecule has 0 radical (unpaired) electrons. The van der Waals surface area contributed by atoms with E-state index in [-0.39, 0.29) is 30.6 Å². The molecule has 146 valence electrons. The zero-order valence-electron chi connectivity index (χ0n) is 15.9. The van der Waals surface area contributed by atoms with Gasteiger partial charge < -0.3 is 9.47 Å². The van der Waals surface area contributed by atoms with Crippen molar-refractivity contribution in [1.82, 2.24) is 4.90 Å². The Morgan fingerprint density at radius 1 is 1.18 bits per heavy atom. The van der Waals surface area contributed by atoms with Crippen molar-refractivity contribution in [3.8, 4) is 5.75 Å². The van der Waals surface area contributed by atoms with E-state index in [4.69, 9.17) is 9.47 Å². The highest BCUT2D eigenvalue weighted by atomic mass is 19.1. The van der Waals surface area contributed by atoms with Gasteiger partial charge >= 0.3 is 6.09 Å². The van der Waals surface area contributed by atoms with Crippen molar-refractivity contribution in [1.29, 1.82) is 0 Å². The fraction of sp³-hybridized carbons (Fsp3) is 0.348. The largest absolute Gasteiger partial charge is 0.497 e. The van der Waals surface area contributed by atoms with E-state index in [1.807, 2.05) is 41.3 Å². The van der Waals surface area contributed by atoms with Crippen LogP contribution in [0.15, 0.2) is 54.6 Å². The Hall–Kier alpha value is -2.82. The van der Waals surface area contributed by atoms with Gasteiger partial charge in [0.05, 0.1) is 13.2 Å². The van der Waals surface area contributed by atoms with Crippen LogP contribution in [0.5, 0.6) is 5.75 Å². The van der Waals surface area contributed by atoms with E-state index < -0.39 is 0 Å². The Kier molecular flexibility index (Phi) is 5.33. The van der Waals surface area contributed by atoms with Gasteiger partial charge in [-0.1, -0.05) is 36.4 Å². The third-order valence-electron chi connectivity index (χ3n) is 5.53. The summed E-state index contributed by atoms with van der Waals surface area (Å²) in [5.41, 5.74) is 2.87. The molecule has 2 atom stereocenters. The molecule has 0 aromatic heterocycles. The molecule has 2 aliphatic rings. The van der Waals surface area contributed by atoms with Crippen LogP contribution in [0.1, 0.15) is 36.8 Å². The van der Waals surface area contributed by atoms with E-state index in [0.717, 1.165) is 36.0 Å². The highest BCUT2D eigenvalue weighted by molar-refractivity contribution is 5.75. The van der Waals surface area contributed by atoms with Gasteiger partial charge in [-0.15, -0.1) is 0 Å². The number of carbonyl (C=O) groups excluding carboxylic acids is 1. The summed E-state index contributed by atoms with van der Waals surface area (Å²) in [4.78, 5) is 14.6. The molecule has 5 heteroatoms. The molecule has 0 aliphatic carbocycles. The second-order valence-corrected chi connectivity index (χ2v) is 7.38. The van der Waals surface area contributed by atoms with E-state index in [2.05, 4.69) is 6.08 Å². The lowest BCUT2D eigenvalue weighted by Gasteiger charge is -2.44. The van der Waals surface area contributed by atoms with Gasteiger partial charge in [0.25, 0.3) is 0 Å². The van der Waals surface area contributed by atoms with E-state index in [0.29, 0.717) is 12.2 Å². The molecule has 1 saturated heterocycles. The van der Waals surface area contributed by atoms with E-state index in [1.54, 1.807) is 0 Å². The maximum absolute atomic E-state index is 13.9. The second-order valence-electron chi connectivity index (χ2n) is 7.38. The van der Waals surface area contributed by atoms with Crippen molar-refractivity contribution in [2.45, 2.75) is 44.4 Å². The molecule has 2 unspecified atom stereocenters. The van der Waals surface area contributed by atoms with Crippen LogP contribution in [-0.4, -0.2) is 30.2 Å². The highest BCUT2D eigenvalue weighted by Crippen LogP contribution is 2.38. The lowest BCUT2D eigenvalue weighted by molar-refractivity contribution is 0.0510. The molecule has 2 aromatic rings. The van der Waals surface area contributed by atoms with Crippen LogP contribution in [0, 0.1) is 5.82 Å². The Morgan fingerprint density at radius 2 is 2.00 bits per heavy atom. The van der Waals surface area contributed by atoms with E-state index in [1.165, 1.54) is 19.2 Å². The Balaban J connectivity index is 1.52. The lowest BCUT2D eigenvalue weighted by atomic mass is 9.83. The molecule has 0 spiro atoms. The lowest BCUT2D eigenvalue weighted by Crippen LogP contribution is -2.51. The number of methoxy groups -OCH3 is 1. The summed E-state index contributed by atoms with van der Waals surface area (Å²) in [6.45, 7) is 0.271. The third-order valence-corrected chi connectivity index (χ3v) is 5.53. The van der Waals surface area contributed by atoms with Crippen molar-refractivity contribution >= 4 is 11.7 Å². The van der Waals surface area contributed by atoms with Crippen molar-refractivity contribution in [2.75, 3.05) is 7.11 Å². The molecule has 2 heterocycles. The number of carbonyl (C=O) groups is 1. The minimum atomic E-state index is -0.315. The number of halogens is 1. The summed E-state index contributed by atoms with van der Waals surface area (Å²) < 4.78 is 24.7. The molecule has 4 rings (SSSR count). The van der Waals surface area contributed by atoms with Crippen LogP contribution < -0.4 is 4.74 Å². The van der Waals surface area contributed by atoms with Crippen LogP contribution in [-0.2, 0) is 11.3 Å². The summed E-state index contributed by atoms with van der Waals surface area (Å²) in [5, 5.41) is 0. The van der Waals surface area contributed by atoms with Gasteiger partial charge in [-0.25, -0.2) is 9.18 Å². The Bertz CT molecular complexity index is 881.